The van der Waals surface area contributed by atoms with Crippen LogP contribution in [0.3, 0.4) is 0 Å². The number of aliphatic carboxylic acids is 1. The van der Waals surface area contributed by atoms with Crippen molar-refractivity contribution in [1.29, 1.82) is 0 Å². The van der Waals surface area contributed by atoms with Crippen LogP contribution in [0.2, 0.25) is 0 Å². The molecule has 3 atom stereocenters. The minimum atomic E-state index is -0.958. The molecule has 0 aliphatic carbocycles. The van der Waals surface area contributed by atoms with E-state index in [-0.39, 0.29) is 18.3 Å². The van der Waals surface area contributed by atoms with E-state index in [1.54, 1.807) is 0 Å². The number of anilines is 1. The number of benzene rings is 3. The molecule has 9 nitrogen and oxygen atoms in total. The van der Waals surface area contributed by atoms with Gasteiger partial charge in [0.2, 0.25) is 5.91 Å². The van der Waals surface area contributed by atoms with Crippen LogP contribution in [-0.2, 0) is 27.2 Å². The average Bonchev–Trinajstić information content (AvgIpc) is 3.42. The van der Waals surface area contributed by atoms with Crippen molar-refractivity contribution in [3.63, 3.8) is 0 Å². The monoisotopic (exact) mass is 620 g/mol. The minimum Gasteiger partial charge on any atom is -0.491 e. The lowest BCUT2D eigenvalue weighted by Gasteiger charge is -2.27. The molecule has 240 valence electrons. The molecule has 10 heteroatoms. The minimum absolute atomic E-state index is 0.0498. The SMILES string of the molecule is CCOCCOc1ccc([C@H]2[C@H](C(=O)O)[C@@H](c3ccc4c(c3)OCCO4)CN2CC(=O)Nc2c(CC)cc(F)cc2CC)cc1. The number of rotatable bonds is 13. The zero-order chi connectivity index (χ0) is 31.9. The van der Waals surface area contributed by atoms with Crippen LogP contribution < -0.4 is 19.5 Å². The van der Waals surface area contributed by atoms with Crippen molar-refractivity contribution in [3.05, 3.63) is 82.7 Å². The summed E-state index contributed by atoms with van der Waals surface area (Å²) in [5.41, 5.74) is 3.62. The molecule has 1 amide bonds. The Morgan fingerprint density at radius 2 is 1.60 bits per heavy atom. The highest BCUT2D eigenvalue weighted by atomic mass is 19.1. The van der Waals surface area contributed by atoms with E-state index in [1.165, 1.54) is 12.1 Å². The molecular formula is C35H41FN2O7. The number of nitrogens with one attached hydrogen (secondary N) is 1. The molecule has 3 aromatic rings. The third-order valence-corrected chi connectivity index (χ3v) is 8.44. The van der Waals surface area contributed by atoms with E-state index in [0.29, 0.717) is 75.4 Å². The van der Waals surface area contributed by atoms with Crippen molar-refractivity contribution in [1.82, 2.24) is 4.90 Å². The number of carbonyl (C=O) groups excluding carboxylic acids is 1. The lowest BCUT2D eigenvalue weighted by atomic mass is 9.82. The fourth-order valence-corrected chi connectivity index (χ4v) is 6.35. The predicted molar refractivity (Wildman–Crippen MR) is 168 cm³/mol. The molecule has 2 aliphatic heterocycles. The van der Waals surface area contributed by atoms with Gasteiger partial charge in [0.05, 0.1) is 19.1 Å². The highest BCUT2D eigenvalue weighted by Crippen LogP contribution is 2.47. The average molecular weight is 621 g/mol. The third-order valence-electron chi connectivity index (χ3n) is 8.44. The molecule has 2 aliphatic rings. The van der Waals surface area contributed by atoms with Gasteiger partial charge >= 0.3 is 5.97 Å². The van der Waals surface area contributed by atoms with Gasteiger partial charge in [-0.25, -0.2) is 4.39 Å². The number of nitrogens with zero attached hydrogens (tertiary/aromatic N) is 1. The van der Waals surface area contributed by atoms with Crippen molar-refractivity contribution in [2.24, 2.45) is 5.92 Å². The Kier molecular flexibility index (Phi) is 10.6. The van der Waals surface area contributed by atoms with Crippen LogP contribution in [0.4, 0.5) is 10.1 Å². The fourth-order valence-electron chi connectivity index (χ4n) is 6.35. The summed E-state index contributed by atoms with van der Waals surface area (Å²) in [4.78, 5) is 28.6. The standard InChI is InChI=1S/C35H41FN2O7/c1-4-22-17-26(36)18-23(5-2)33(22)37-31(39)21-38-20-28(25-9-12-29-30(19-25)45-16-15-44-29)32(35(40)41)34(38)24-7-10-27(11-8-24)43-14-13-42-6-3/h7-12,17-19,28,32,34H,4-6,13-16,20-21H2,1-3H3,(H,37,39)(H,40,41)/t28-,32-,34+/m1/s1. The smallest absolute Gasteiger partial charge is 0.309 e. The van der Waals surface area contributed by atoms with Crippen molar-refractivity contribution in [3.8, 4) is 17.2 Å². The maximum atomic E-state index is 14.2. The highest BCUT2D eigenvalue weighted by molar-refractivity contribution is 5.94. The number of aryl methyl sites for hydroxylation is 2. The van der Waals surface area contributed by atoms with Crippen LogP contribution in [0.1, 0.15) is 55.0 Å². The molecule has 0 saturated carbocycles. The summed E-state index contributed by atoms with van der Waals surface area (Å²) in [5, 5.41) is 13.7. The maximum absolute atomic E-state index is 14.2. The number of carbonyl (C=O) groups is 2. The number of ether oxygens (including phenoxy) is 4. The van der Waals surface area contributed by atoms with Crippen LogP contribution >= 0.6 is 0 Å². The Balaban J connectivity index is 1.45. The molecule has 2 N–H and O–H groups in total. The number of halogens is 1. The Hall–Kier alpha value is -4.15. The van der Waals surface area contributed by atoms with E-state index in [0.717, 1.165) is 22.3 Å². The zero-order valence-corrected chi connectivity index (χ0v) is 26.0. The van der Waals surface area contributed by atoms with Crippen molar-refractivity contribution >= 4 is 17.6 Å². The predicted octanol–water partition coefficient (Wildman–Crippen LogP) is 5.62. The van der Waals surface area contributed by atoms with Crippen LogP contribution in [0, 0.1) is 11.7 Å². The van der Waals surface area contributed by atoms with Crippen LogP contribution in [0.15, 0.2) is 54.6 Å². The Morgan fingerprint density at radius 3 is 2.24 bits per heavy atom. The van der Waals surface area contributed by atoms with Crippen LogP contribution in [0.25, 0.3) is 0 Å². The van der Waals surface area contributed by atoms with Gasteiger partial charge in [0.1, 0.15) is 31.4 Å². The fraction of sp³-hybridized carbons (Fsp3) is 0.429. The molecule has 0 spiro atoms. The summed E-state index contributed by atoms with van der Waals surface area (Å²) in [5.74, 6) is -1.02. The van der Waals surface area contributed by atoms with Gasteiger partial charge < -0.3 is 29.4 Å². The molecule has 2 heterocycles. The van der Waals surface area contributed by atoms with Gasteiger partial charge in [0.15, 0.2) is 11.5 Å². The van der Waals surface area contributed by atoms with Crippen molar-refractivity contribution < 1.29 is 38.0 Å². The summed E-state index contributed by atoms with van der Waals surface area (Å²) < 4.78 is 36.9. The van der Waals surface area contributed by atoms with Gasteiger partial charge in [0, 0.05) is 30.8 Å². The molecule has 3 aromatic carbocycles. The van der Waals surface area contributed by atoms with Gasteiger partial charge in [-0.05, 0) is 78.4 Å². The van der Waals surface area contributed by atoms with E-state index in [2.05, 4.69) is 5.32 Å². The van der Waals surface area contributed by atoms with Crippen LogP contribution in [0.5, 0.6) is 17.2 Å². The second-order valence-corrected chi connectivity index (χ2v) is 11.2. The second kappa shape index (κ2) is 14.8. The largest absolute Gasteiger partial charge is 0.491 e. The van der Waals surface area contributed by atoms with E-state index < -0.39 is 23.8 Å². The molecular weight excluding hydrogens is 579 g/mol. The number of fused-ring (bicyclic) bond motifs is 1. The first-order valence-electron chi connectivity index (χ1n) is 15.6. The normalized spacial score (nSPS) is 19.3. The number of hydrogen-bond donors (Lipinski definition) is 2. The van der Waals surface area contributed by atoms with Gasteiger partial charge in [-0.1, -0.05) is 32.0 Å². The molecule has 0 aromatic heterocycles. The van der Waals surface area contributed by atoms with Crippen molar-refractivity contribution in [2.45, 2.75) is 45.6 Å². The molecule has 1 saturated heterocycles. The van der Waals surface area contributed by atoms with Crippen molar-refractivity contribution in [2.75, 3.05) is 51.4 Å². The highest BCUT2D eigenvalue weighted by Gasteiger charge is 2.48. The first kappa shape index (κ1) is 32.2. The quantitative estimate of drug-likeness (QED) is 0.238. The molecule has 0 unspecified atom stereocenters. The van der Waals surface area contributed by atoms with E-state index in [4.69, 9.17) is 18.9 Å². The number of amides is 1. The molecule has 0 radical (unpaired) electrons. The third kappa shape index (κ3) is 7.40. The van der Waals surface area contributed by atoms with Gasteiger partial charge in [0.25, 0.3) is 0 Å². The number of hydrogen-bond acceptors (Lipinski definition) is 7. The molecule has 5 rings (SSSR count). The van der Waals surface area contributed by atoms with Gasteiger partial charge in [-0.2, -0.15) is 0 Å². The van der Waals surface area contributed by atoms with Gasteiger partial charge in [-0.3, -0.25) is 14.5 Å². The van der Waals surface area contributed by atoms with E-state index in [9.17, 15) is 19.1 Å². The summed E-state index contributed by atoms with van der Waals surface area (Å²) in [6, 6.07) is 15.2. The Labute approximate surface area is 263 Å². The lowest BCUT2D eigenvalue weighted by molar-refractivity contribution is -0.143. The summed E-state index contributed by atoms with van der Waals surface area (Å²) >= 11 is 0. The lowest BCUT2D eigenvalue weighted by Crippen LogP contribution is -2.35. The molecule has 45 heavy (non-hydrogen) atoms. The summed E-state index contributed by atoms with van der Waals surface area (Å²) in [6.07, 6.45) is 1.11. The Bertz CT molecular complexity index is 1470. The van der Waals surface area contributed by atoms with E-state index >= 15 is 0 Å². The summed E-state index contributed by atoms with van der Waals surface area (Å²) in [7, 11) is 0. The number of carboxylic acids is 1. The van der Waals surface area contributed by atoms with Gasteiger partial charge in [-0.15, -0.1) is 0 Å². The number of likely N-dealkylation sites (tertiary alicyclic amines) is 1. The zero-order valence-electron chi connectivity index (χ0n) is 26.0. The first-order valence-corrected chi connectivity index (χ1v) is 15.6. The van der Waals surface area contributed by atoms with E-state index in [1.807, 2.05) is 68.1 Å². The number of carboxylic acid groups (broad SMARTS) is 1. The molecule has 0 bridgehead atoms. The Morgan fingerprint density at radius 1 is 0.933 bits per heavy atom. The van der Waals surface area contributed by atoms with Crippen LogP contribution in [-0.4, -0.2) is 68.0 Å². The second-order valence-electron chi connectivity index (χ2n) is 11.2. The first-order chi connectivity index (χ1) is 21.8. The molecule has 1 fully saturated rings. The topological polar surface area (TPSA) is 107 Å². The maximum Gasteiger partial charge on any atom is 0.309 e. The summed E-state index contributed by atoms with van der Waals surface area (Å²) in [6.45, 7) is 8.38.